The van der Waals surface area contributed by atoms with E-state index >= 15 is 0 Å². The quantitative estimate of drug-likeness (QED) is 0.594. The number of pyridine rings is 1. The third-order valence-corrected chi connectivity index (χ3v) is 5.81. The van der Waals surface area contributed by atoms with Gasteiger partial charge in [0.15, 0.2) is 5.75 Å². The Morgan fingerprint density at radius 1 is 1.10 bits per heavy atom. The Kier molecular flexibility index (Phi) is 5.62. The fourth-order valence-electron chi connectivity index (χ4n) is 3.58. The molecule has 6 nitrogen and oxygen atoms in total. The molecule has 1 aliphatic rings. The second kappa shape index (κ2) is 8.20. The second-order valence-electron chi connectivity index (χ2n) is 7.43. The first-order valence-corrected chi connectivity index (χ1v) is 10.2. The van der Waals surface area contributed by atoms with E-state index in [1.54, 1.807) is 18.3 Å². The van der Waals surface area contributed by atoms with Gasteiger partial charge in [-0.25, -0.2) is 15.0 Å². The van der Waals surface area contributed by atoms with Gasteiger partial charge in [-0.3, -0.25) is 4.79 Å². The summed E-state index contributed by atoms with van der Waals surface area (Å²) < 4.78 is 6.08. The van der Waals surface area contributed by atoms with Crippen LogP contribution in [0.15, 0.2) is 48.8 Å². The SMILES string of the molecule is Cc1ncc(OCC2(c3ccc(Cl)cc3)CC2C(=O)Nc2ccc(Cl)cn2)c(C)n1. The number of ether oxygens (including phenoxy) is 1. The molecule has 0 radical (unpaired) electrons. The Labute approximate surface area is 184 Å². The minimum Gasteiger partial charge on any atom is -0.489 e. The molecule has 1 fully saturated rings. The lowest BCUT2D eigenvalue weighted by molar-refractivity contribution is -0.117. The number of rotatable bonds is 6. The first-order chi connectivity index (χ1) is 14.4. The smallest absolute Gasteiger partial charge is 0.229 e. The maximum Gasteiger partial charge on any atom is 0.229 e. The van der Waals surface area contributed by atoms with Crippen molar-refractivity contribution in [2.45, 2.75) is 25.7 Å². The minimum atomic E-state index is -0.460. The van der Waals surface area contributed by atoms with Crippen molar-refractivity contribution in [3.05, 3.63) is 75.9 Å². The first kappa shape index (κ1) is 20.6. The van der Waals surface area contributed by atoms with Crippen LogP contribution < -0.4 is 10.1 Å². The van der Waals surface area contributed by atoms with Crippen molar-refractivity contribution < 1.29 is 9.53 Å². The zero-order valence-corrected chi connectivity index (χ0v) is 18.0. The number of aryl methyl sites for hydroxylation is 2. The first-order valence-electron chi connectivity index (χ1n) is 9.49. The summed E-state index contributed by atoms with van der Waals surface area (Å²) in [5, 5.41) is 4.03. The lowest BCUT2D eigenvalue weighted by Gasteiger charge is -2.19. The summed E-state index contributed by atoms with van der Waals surface area (Å²) in [6, 6.07) is 10.9. The summed E-state index contributed by atoms with van der Waals surface area (Å²) in [4.78, 5) is 25.6. The van der Waals surface area contributed by atoms with Gasteiger partial charge >= 0.3 is 0 Å². The van der Waals surface area contributed by atoms with Gasteiger partial charge in [-0.15, -0.1) is 0 Å². The third-order valence-electron chi connectivity index (χ3n) is 5.33. The van der Waals surface area contributed by atoms with Gasteiger partial charge in [-0.2, -0.15) is 0 Å². The summed E-state index contributed by atoms with van der Waals surface area (Å²) in [5.74, 6) is 1.39. The fraction of sp³-hybridized carbons (Fsp3) is 0.273. The Morgan fingerprint density at radius 3 is 2.50 bits per heavy atom. The third kappa shape index (κ3) is 4.25. The van der Waals surface area contributed by atoms with Crippen molar-refractivity contribution in [3.63, 3.8) is 0 Å². The number of anilines is 1. The number of hydrogen-bond donors (Lipinski definition) is 1. The fourth-order valence-corrected chi connectivity index (χ4v) is 3.81. The van der Waals surface area contributed by atoms with Crippen LogP contribution in [0.1, 0.15) is 23.5 Å². The molecule has 154 valence electrons. The predicted molar refractivity (Wildman–Crippen MR) is 116 cm³/mol. The normalized spacial score (nSPS) is 19.9. The van der Waals surface area contributed by atoms with Crippen molar-refractivity contribution in [1.82, 2.24) is 15.0 Å². The number of nitrogens with zero attached hydrogens (tertiary/aromatic N) is 3. The highest BCUT2D eigenvalue weighted by molar-refractivity contribution is 6.30. The minimum absolute atomic E-state index is 0.111. The van der Waals surface area contributed by atoms with E-state index in [0.717, 1.165) is 11.3 Å². The van der Waals surface area contributed by atoms with Crippen LogP contribution in [0.3, 0.4) is 0 Å². The summed E-state index contributed by atoms with van der Waals surface area (Å²) in [7, 11) is 0. The van der Waals surface area contributed by atoms with Crippen molar-refractivity contribution in [1.29, 1.82) is 0 Å². The van der Waals surface area contributed by atoms with Gasteiger partial charge in [0.25, 0.3) is 0 Å². The summed E-state index contributed by atoms with van der Waals surface area (Å²) >= 11 is 11.9. The number of amides is 1. The molecule has 2 aromatic heterocycles. The van der Waals surface area contributed by atoms with Gasteiger partial charge in [-0.05, 0) is 50.1 Å². The van der Waals surface area contributed by atoms with Crippen LogP contribution in [0.25, 0.3) is 0 Å². The standard InChI is InChI=1S/C22H20Cl2N4O2/c1-13-19(11-25-14(2)27-13)30-12-22(15-3-5-16(23)6-4-15)9-18(22)21(29)28-20-8-7-17(24)10-26-20/h3-8,10-11,18H,9,12H2,1-2H3,(H,26,28,29). The number of halogens is 2. The highest BCUT2D eigenvalue weighted by atomic mass is 35.5. The summed E-state index contributed by atoms with van der Waals surface area (Å²) in [5.41, 5.74) is 1.31. The number of carbonyl (C=O) groups is 1. The van der Waals surface area contributed by atoms with Gasteiger partial charge < -0.3 is 10.1 Å². The van der Waals surface area contributed by atoms with Crippen LogP contribution in [-0.2, 0) is 10.2 Å². The van der Waals surface area contributed by atoms with Crippen LogP contribution in [-0.4, -0.2) is 27.5 Å². The van der Waals surface area contributed by atoms with E-state index in [0.29, 0.717) is 40.5 Å². The monoisotopic (exact) mass is 442 g/mol. The Morgan fingerprint density at radius 2 is 1.83 bits per heavy atom. The molecule has 0 aliphatic heterocycles. The van der Waals surface area contributed by atoms with Crippen molar-refractivity contribution in [2.24, 2.45) is 5.92 Å². The average Bonchev–Trinajstić information content (AvgIpc) is 3.45. The lowest BCUT2D eigenvalue weighted by atomic mass is 9.93. The molecule has 0 spiro atoms. The molecule has 1 aromatic carbocycles. The molecule has 2 heterocycles. The molecule has 30 heavy (non-hydrogen) atoms. The van der Waals surface area contributed by atoms with Gasteiger partial charge in [0.1, 0.15) is 11.6 Å². The number of hydrogen-bond acceptors (Lipinski definition) is 5. The van der Waals surface area contributed by atoms with Gasteiger partial charge in [-0.1, -0.05) is 35.3 Å². The molecule has 1 amide bonds. The van der Waals surface area contributed by atoms with Crippen LogP contribution in [0.4, 0.5) is 5.82 Å². The molecule has 8 heteroatoms. The molecular formula is C22H20Cl2N4O2. The molecule has 2 atom stereocenters. The average molecular weight is 443 g/mol. The van der Waals surface area contributed by atoms with E-state index in [2.05, 4.69) is 20.3 Å². The second-order valence-corrected chi connectivity index (χ2v) is 8.30. The Hall–Kier alpha value is -2.70. The van der Waals surface area contributed by atoms with Crippen LogP contribution in [0, 0.1) is 19.8 Å². The Bertz CT molecular complexity index is 1070. The zero-order chi connectivity index (χ0) is 21.3. The number of aromatic nitrogens is 3. The predicted octanol–water partition coefficient (Wildman–Crippen LogP) is 4.77. The maximum atomic E-state index is 12.9. The maximum absolute atomic E-state index is 12.9. The van der Waals surface area contributed by atoms with Crippen LogP contribution in [0.5, 0.6) is 5.75 Å². The van der Waals surface area contributed by atoms with E-state index in [1.807, 2.05) is 38.1 Å². The van der Waals surface area contributed by atoms with E-state index in [4.69, 9.17) is 27.9 Å². The largest absolute Gasteiger partial charge is 0.489 e. The Balaban J connectivity index is 1.55. The van der Waals surface area contributed by atoms with E-state index < -0.39 is 5.41 Å². The molecule has 3 aromatic rings. The lowest BCUT2D eigenvalue weighted by Crippen LogP contribution is -2.27. The molecule has 4 rings (SSSR count). The highest BCUT2D eigenvalue weighted by Gasteiger charge is 2.60. The van der Waals surface area contributed by atoms with Crippen molar-refractivity contribution >= 4 is 34.9 Å². The number of benzene rings is 1. The van der Waals surface area contributed by atoms with E-state index in [9.17, 15) is 4.79 Å². The molecule has 1 N–H and O–H groups in total. The van der Waals surface area contributed by atoms with Crippen LogP contribution in [0.2, 0.25) is 10.0 Å². The molecule has 0 bridgehead atoms. The molecule has 2 unspecified atom stereocenters. The summed E-state index contributed by atoms with van der Waals surface area (Å²) in [6.45, 7) is 4.04. The summed E-state index contributed by atoms with van der Waals surface area (Å²) in [6.07, 6.45) is 3.82. The van der Waals surface area contributed by atoms with E-state index in [1.165, 1.54) is 6.20 Å². The van der Waals surface area contributed by atoms with Crippen molar-refractivity contribution in [2.75, 3.05) is 11.9 Å². The van der Waals surface area contributed by atoms with E-state index in [-0.39, 0.29) is 11.8 Å². The number of carbonyl (C=O) groups excluding carboxylic acids is 1. The highest BCUT2D eigenvalue weighted by Crippen LogP contribution is 2.55. The molecule has 1 saturated carbocycles. The molecular weight excluding hydrogens is 423 g/mol. The topological polar surface area (TPSA) is 77.0 Å². The molecule has 1 aliphatic carbocycles. The molecule has 0 saturated heterocycles. The van der Waals surface area contributed by atoms with Gasteiger partial charge in [0.2, 0.25) is 5.91 Å². The number of nitrogens with one attached hydrogen (secondary N) is 1. The zero-order valence-electron chi connectivity index (χ0n) is 16.5. The van der Waals surface area contributed by atoms with Gasteiger partial charge in [0.05, 0.1) is 29.4 Å². The van der Waals surface area contributed by atoms with Crippen molar-refractivity contribution in [3.8, 4) is 5.75 Å². The van der Waals surface area contributed by atoms with Gasteiger partial charge in [0, 0.05) is 16.6 Å². The van der Waals surface area contributed by atoms with Crippen LogP contribution >= 0.6 is 23.2 Å².